The Balaban J connectivity index is 0.000000124. The van der Waals surface area contributed by atoms with Gasteiger partial charge in [0.1, 0.15) is 6.17 Å². The molecule has 0 bridgehead atoms. The topological polar surface area (TPSA) is 150 Å². The molecule has 3 heterocycles. The number of allylic oxidation sites excluding steroid dienone is 2. The molecule has 15 rings (SSSR count). The first-order valence-corrected chi connectivity index (χ1v) is 36.7. The largest absolute Gasteiger partial charge is 0.390 e. The van der Waals surface area contributed by atoms with Gasteiger partial charge in [-0.25, -0.2) is 4.39 Å². The second-order valence-electron chi connectivity index (χ2n) is 34.4. The van der Waals surface area contributed by atoms with E-state index in [2.05, 4.69) is 55.4 Å². The lowest BCUT2D eigenvalue weighted by atomic mass is 9.48. The Hall–Kier alpha value is -3.49. The van der Waals surface area contributed by atoms with Crippen LogP contribution < -0.4 is 0 Å². The maximum absolute atomic E-state index is 15.4. The lowest BCUT2D eigenvalue weighted by molar-refractivity contribution is -0.136. The Morgan fingerprint density at radius 3 is 1.43 bits per heavy atom. The number of aryl methyl sites for hydroxylation is 1. The van der Waals surface area contributed by atoms with Gasteiger partial charge in [0.05, 0.1) is 55.8 Å². The van der Waals surface area contributed by atoms with Crippen molar-refractivity contribution in [2.45, 2.75) is 244 Å². The number of rotatable bonds is 13. The van der Waals surface area contributed by atoms with Crippen LogP contribution in [0.15, 0.2) is 73.6 Å². The van der Waals surface area contributed by atoms with Gasteiger partial charge in [-0.15, -0.1) is 0 Å². The quantitative estimate of drug-likeness (QED) is 0.142. The van der Waals surface area contributed by atoms with Gasteiger partial charge in [0.2, 0.25) is 0 Å². The Labute approximate surface area is 540 Å². The zero-order chi connectivity index (χ0) is 63.1. The highest BCUT2D eigenvalue weighted by molar-refractivity contribution is 5.82. The number of ether oxygens (including phenoxy) is 2. The van der Waals surface area contributed by atoms with Crippen LogP contribution in [-0.2, 0) is 33.9 Å². The molecule has 0 unspecified atom stereocenters. The number of hydrogen-bond donors (Lipinski definition) is 3. The lowest BCUT2D eigenvalue weighted by Gasteiger charge is -2.57. The van der Waals surface area contributed by atoms with Crippen molar-refractivity contribution >= 4 is 5.78 Å². The summed E-state index contributed by atoms with van der Waals surface area (Å²) in [6.45, 7) is 23.6. The van der Waals surface area contributed by atoms with Gasteiger partial charge in [-0.1, -0.05) is 45.1 Å². The summed E-state index contributed by atoms with van der Waals surface area (Å²) >= 11 is 0. The number of methoxy groups -OCH3 is 2. The van der Waals surface area contributed by atoms with E-state index >= 15 is 4.39 Å². The number of fused-ring (bicyclic) bond motifs is 15. The zero-order valence-corrected chi connectivity index (χ0v) is 56.6. The van der Waals surface area contributed by atoms with E-state index in [-0.39, 0.29) is 22.7 Å². The Kier molecular flexibility index (Phi) is 18.5. The fraction of sp³-hybridized carbons (Fsp3) is 0.818. The van der Waals surface area contributed by atoms with Crippen molar-refractivity contribution in [3.8, 4) is 0 Å². The summed E-state index contributed by atoms with van der Waals surface area (Å²) in [6.07, 6.45) is 40.4. The van der Waals surface area contributed by atoms with Crippen LogP contribution in [0.5, 0.6) is 0 Å². The van der Waals surface area contributed by atoms with E-state index in [1.807, 2.05) is 71.0 Å². The van der Waals surface area contributed by atoms with Crippen LogP contribution >= 0.6 is 0 Å². The molecule has 0 aliphatic heterocycles. The van der Waals surface area contributed by atoms with Crippen molar-refractivity contribution in [1.82, 2.24) is 29.3 Å². The predicted molar refractivity (Wildman–Crippen MR) is 351 cm³/mol. The van der Waals surface area contributed by atoms with Crippen molar-refractivity contribution in [1.29, 1.82) is 0 Å². The van der Waals surface area contributed by atoms with Crippen LogP contribution in [-0.4, -0.2) is 101 Å². The molecular weight excluding hydrogens is 1120 g/mol. The summed E-state index contributed by atoms with van der Waals surface area (Å²) in [6, 6.07) is 3.98. The van der Waals surface area contributed by atoms with E-state index in [0.717, 1.165) is 118 Å². The summed E-state index contributed by atoms with van der Waals surface area (Å²) in [5.41, 5.74) is 2.81. The molecule has 0 spiro atoms. The molecule has 12 saturated carbocycles. The van der Waals surface area contributed by atoms with Crippen LogP contribution in [0, 0.1) is 130 Å². The molecule has 498 valence electrons. The van der Waals surface area contributed by atoms with Gasteiger partial charge in [0.25, 0.3) is 0 Å². The monoisotopic (exact) mass is 1240 g/mol. The average Bonchev–Trinajstić information content (AvgIpc) is 1.46. The number of carbonyl (C=O) groups is 1. The molecule has 25 atom stereocenters. The first-order valence-electron chi connectivity index (χ1n) is 36.7. The zero-order valence-electron chi connectivity index (χ0n) is 56.6. The van der Waals surface area contributed by atoms with E-state index in [4.69, 9.17) is 9.47 Å². The number of aliphatic hydroxyl groups is 3. The van der Waals surface area contributed by atoms with Crippen molar-refractivity contribution in [2.75, 3.05) is 27.4 Å². The summed E-state index contributed by atoms with van der Waals surface area (Å²) < 4.78 is 31.9. The van der Waals surface area contributed by atoms with E-state index in [9.17, 15) is 20.1 Å². The number of ketones is 1. The molecule has 12 aliphatic carbocycles. The maximum atomic E-state index is 15.4. The van der Waals surface area contributed by atoms with Crippen LogP contribution in [0.1, 0.15) is 200 Å². The normalized spacial score (nSPS) is 46.3. The van der Waals surface area contributed by atoms with Crippen molar-refractivity contribution in [3.63, 3.8) is 0 Å². The second-order valence-corrected chi connectivity index (χ2v) is 34.4. The van der Waals surface area contributed by atoms with Crippen LogP contribution in [0.2, 0.25) is 0 Å². The number of nitrogens with zero attached hydrogens (tertiary/aromatic N) is 6. The fourth-order valence-corrected chi connectivity index (χ4v) is 25.8. The minimum absolute atomic E-state index is 0.0799. The highest BCUT2D eigenvalue weighted by Crippen LogP contribution is 2.69. The van der Waals surface area contributed by atoms with E-state index in [0.29, 0.717) is 90.6 Å². The highest BCUT2D eigenvalue weighted by Gasteiger charge is 2.63. The Bertz CT molecular complexity index is 2960. The molecule has 12 nitrogen and oxygen atoms in total. The van der Waals surface area contributed by atoms with Gasteiger partial charge in [0, 0.05) is 51.1 Å². The van der Waals surface area contributed by atoms with Gasteiger partial charge in [-0.2, -0.15) is 15.3 Å². The minimum Gasteiger partial charge on any atom is -0.390 e. The summed E-state index contributed by atoms with van der Waals surface area (Å²) in [5, 5.41) is 45.6. The van der Waals surface area contributed by atoms with Crippen molar-refractivity contribution < 1.29 is 34.0 Å². The SMILES string of the molecule is C=C(Cn1cccn1)[C@H]1CC[C@H]2[C@@H]3CC[C@@H]4C[C@@](O)(COC)CC[C@@H]4[C@H]3CC[C@]12C.C=C(Cn1cccn1)[C@H]1CC[C@H]2[C@@H]3C[C@@H](F)[C@@H]4C[C@](C)(O)CC[C@@H]4[C@H]3CC[C@]12C.COC[C@@]1(O)CC[C@H]2[C@H](CC[C@@H]3[C@@H]2CC[C@]2(C)[C@@H](C(=O)Cn4cc(C)cn4)CC[C@@H]32)C1. The Morgan fingerprint density at radius 1 is 0.522 bits per heavy atom. The first-order chi connectivity index (χ1) is 43.0. The molecule has 13 heteroatoms. The third kappa shape index (κ3) is 12.2. The summed E-state index contributed by atoms with van der Waals surface area (Å²) in [7, 11) is 3.42. The smallest absolute Gasteiger partial charge is 0.157 e. The molecule has 3 aromatic rings. The van der Waals surface area contributed by atoms with E-state index < -0.39 is 23.0 Å². The van der Waals surface area contributed by atoms with Gasteiger partial charge < -0.3 is 24.8 Å². The predicted octanol–water partition coefficient (Wildman–Crippen LogP) is 14.9. The molecule has 3 N–H and O–H groups in total. The second kappa shape index (κ2) is 25.6. The van der Waals surface area contributed by atoms with Crippen molar-refractivity contribution in [3.05, 3.63) is 79.2 Å². The summed E-state index contributed by atoms with van der Waals surface area (Å²) in [5.74, 6) is 12.0. The maximum Gasteiger partial charge on any atom is 0.157 e. The number of hydrogen-bond acceptors (Lipinski definition) is 9. The van der Waals surface area contributed by atoms with Crippen LogP contribution in [0.4, 0.5) is 4.39 Å². The highest BCUT2D eigenvalue weighted by atomic mass is 19.1. The molecule has 90 heavy (non-hydrogen) atoms. The first kappa shape index (κ1) is 65.2. The third-order valence-electron chi connectivity index (χ3n) is 29.6. The standard InChI is InChI=1S/C26H40N2O3.C26H40N2O2.C25H37FN2O/c1-17-13-27-28(14-17)15-24(29)23-7-6-22-21-5-4-18-12-26(30,16-31-3)11-9-19(18)20(21)8-10-25(22,23)2;1-18(16-28-14-4-13-27-28)23-7-8-24-22-6-5-19-15-26(29,17-30-3)12-10-20(19)21(22)9-11-25(23,24)2;1-16(15-28-12-4-11-27-28)21-5-6-22-19-13-23(26)20-14-24(2,29)9-7-18(20)17(19)8-10-25(21,22)3/h13-14,18-23,30H,4-12,15-16H2,1-3H3;4,13-14,19-24,29H,1,5-12,15-17H2,2-3H3;4,11-12,17-23,29H,1,5-10,13-15H2,2-3H3/t18-,19+,20-,21-,22+,23-,25+,26-;19-,20+,21-,22-,23-,24+,25-,26-;17-,18-,19-,20-,21-,22+,23-,24-,25-/m111/s1. The summed E-state index contributed by atoms with van der Waals surface area (Å²) in [4.78, 5) is 13.3. The average molecular weight is 1240 g/mol. The molecule has 0 amide bonds. The van der Waals surface area contributed by atoms with Gasteiger partial charge >= 0.3 is 0 Å². The molecule has 12 fully saturated rings. The molecule has 0 aromatic carbocycles. The number of alkyl halides is 1. The number of carbonyl (C=O) groups excluding carboxylic acids is 1. The molecular formula is C77H117FN6O6. The van der Waals surface area contributed by atoms with Gasteiger partial charge in [0.15, 0.2) is 5.78 Å². The van der Waals surface area contributed by atoms with E-state index in [1.54, 1.807) is 14.2 Å². The molecule has 12 aliphatic rings. The van der Waals surface area contributed by atoms with Gasteiger partial charge in [-0.05, 0) is 315 Å². The minimum atomic E-state index is -0.735. The lowest BCUT2D eigenvalue weighted by Crippen LogP contribution is -2.54. The molecule has 3 aromatic heterocycles. The fourth-order valence-electron chi connectivity index (χ4n) is 25.8. The molecule has 0 saturated heterocycles. The van der Waals surface area contributed by atoms with Crippen LogP contribution in [0.3, 0.4) is 0 Å². The number of halogens is 1. The van der Waals surface area contributed by atoms with Crippen LogP contribution in [0.25, 0.3) is 0 Å². The number of aromatic nitrogens is 6. The van der Waals surface area contributed by atoms with E-state index in [1.165, 1.54) is 114 Å². The number of Topliss-reactive ketones (excluding diaryl/α,β-unsaturated/α-hetero) is 1. The molecule has 0 radical (unpaired) electrons. The third-order valence-corrected chi connectivity index (χ3v) is 29.6. The van der Waals surface area contributed by atoms with Crippen molar-refractivity contribution in [2.24, 2.45) is 123 Å². The van der Waals surface area contributed by atoms with Gasteiger partial charge in [-0.3, -0.25) is 18.8 Å². The Morgan fingerprint density at radius 2 is 0.967 bits per heavy atom.